The first kappa shape index (κ1) is 20.5. The third kappa shape index (κ3) is 4.09. The second-order valence-electron chi connectivity index (χ2n) is 7.16. The van der Waals surface area contributed by atoms with E-state index in [4.69, 9.17) is 18.3 Å². The van der Waals surface area contributed by atoms with E-state index in [2.05, 4.69) is 15.5 Å². The minimum Gasteiger partial charge on any atom is -0.493 e. The Morgan fingerprint density at radius 3 is 2.58 bits per heavy atom. The fourth-order valence-electron chi connectivity index (χ4n) is 3.38. The van der Waals surface area contributed by atoms with Crippen molar-refractivity contribution in [1.29, 1.82) is 0 Å². The molecule has 0 aliphatic heterocycles. The maximum Gasteiger partial charge on any atom is 0.308 e. The zero-order chi connectivity index (χ0) is 22.0. The van der Waals surface area contributed by atoms with Crippen LogP contribution >= 0.6 is 0 Å². The van der Waals surface area contributed by atoms with Crippen LogP contribution in [-0.2, 0) is 6.42 Å². The molecule has 0 unspecified atom stereocenters. The van der Waals surface area contributed by atoms with Crippen LogP contribution in [-0.4, -0.2) is 36.9 Å². The van der Waals surface area contributed by atoms with Gasteiger partial charge in [-0.25, -0.2) is 0 Å². The quantitative estimate of drug-likeness (QED) is 0.480. The van der Waals surface area contributed by atoms with Crippen LogP contribution in [0.5, 0.6) is 11.5 Å². The SMILES string of the molecule is COc1ccc(CCNC(=O)c2nnc(-c3oc4ccc(C)cc4c3C)o2)cc1OC. The third-order valence-electron chi connectivity index (χ3n) is 5.05. The van der Waals surface area contributed by atoms with Crippen LogP contribution in [0.25, 0.3) is 22.6 Å². The molecule has 1 N–H and O–H groups in total. The van der Waals surface area contributed by atoms with Crippen molar-refractivity contribution in [3.63, 3.8) is 0 Å². The highest BCUT2D eigenvalue weighted by Gasteiger charge is 2.21. The van der Waals surface area contributed by atoms with E-state index < -0.39 is 5.91 Å². The van der Waals surface area contributed by atoms with Crippen LogP contribution in [0.2, 0.25) is 0 Å². The predicted octanol–water partition coefficient (Wildman–Crippen LogP) is 4.09. The van der Waals surface area contributed by atoms with Gasteiger partial charge in [0.05, 0.1) is 14.2 Å². The Labute approximate surface area is 179 Å². The Kier molecular flexibility index (Phi) is 5.62. The second-order valence-corrected chi connectivity index (χ2v) is 7.16. The van der Waals surface area contributed by atoms with Gasteiger partial charge in [0, 0.05) is 17.5 Å². The van der Waals surface area contributed by atoms with Gasteiger partial charge in [-0.1, -0.05) is 17.7 Å². The molecule has 2 aromatic heterocycles. The van der Waals surface area contributed by atoms with Crippen molar-refractivity contribution in [3.05, 3.63) is 59.0 Å². The fourth-order valence-corrected chi connectivity index (χ4v) is 3.38. The molecule has 4 aromatic rings. The Morgan fingerprint density at radius 1 is 1.00 bits per heavy atom. The van der Waals surface area contributed by atoms with E-state index in [0.29, 0.717) is 30.2 Å². The lowest BCUT2D eigenvalue weighted by molar-refractivity contribution is 0.0920. The molecule has 0 saturated heterocycles. The molecule has 1 amide bonds. The van der Waals surface area contributed by atoms with Gasteiger partial charge < -0.3 is 23.6 Å². The van der Waals surface area contributed by atoms with Gasteiger partial charge in [-0.2, -0.15) is 0 Å². The van der Waals surface area contributed by atoms with E-state index >= 15 is 0 Å². The number of nitrogens with zero attached hydrogens (tertiary/aromatic N) is 2. The first-order chi connectivity index (χ1) is 15.0. The van der Waals surface area contributed by atoms with Gasteiger partial charge >= 0.3 is 11.8 Å². The summed E-state index contributed by atoms with van der Waals surface area (Å²) in [6.45, 7) is 4.34. The van der Waals surface area contributed by atoms with Crippen molar-refractivity contribution in [1.82, 2.24) is 15.5 Å². The molecule has 2 aromatic carbocycles. The molecular weight excluding hydrogens is 398 g/mol. The highest BCUT2D eigenvalue weighted by Crippen LogP contribution is 2.32. The van der Waals surface area contributed by atoms with Crippen LogP contribution in [0.1, 0.15) is 27.4 Å². The predicted molar refractivity (Wildman–Crippen MR) is 115 cm³/mol. The van der Waals surface area contributed by atoms with Crippen LogP contribution in [0.3, 0.4) is 0 Å². The van der Waals surface area contributed by atoms with Crippen LogP contribution in [0, 0.1) is 13.8 Å². The molecule has 8 heteroatoms. The summed E-state index contributed by atoms with van der Waals surface area (Å²) in [5.74, 6) is 1.39. The van der Waals surface area contributed by atoms with Crippen molar-refractivity contribution < 1.29 is 23.1 Å². The lowest BCUT2D eigenvalue weighted by Gasteiger charge is -2.09. The number of methoxy groups -OCH3 is 2. The van der Waals surface area contributed by atoms with E-state index in [1.54, 1.807) is 14.2 Å². The van der Waals surface area contributed by atoms with Crippen molar-refractivity contribution >= 4 is 16.9 Å². The van der Waals surface area contributed by atoms with Crippen LogP contribution in [0.4, 0.5) is 0 Å². The van der Waals surface area contributed by atoms with Crippen molar-refractivity contribution in [2.24, 2.45) is 0 Å². The second kappa shape index (κ2) is 8.51. The summed E-state index contributed by atoms with van der Waals surface area (Å²) >= 11 is 0. The molecule has 4 rings (SSSR count). The summed E-state index contributed by atoms with van der Waals surface area (Å²) in [4.78, 5) is 12.4. The molecule has 0 aliphatic rings. The monoisotopic (exact) mass is 421 g/mol. The normalized spacial score (nSPS) is 11.0. The summed E-state index contributed by atoms with van der Waals surface area (Å²) in [5, 5.41) is 11.6. The number of hydrogen-bond donors (Lipinski definition) is 1. The third-order valence-corrected chi connectivity index (χ3v) is 5.05. The molecule has 160 valence electrons. The van der Waals surface area contributed by atoms with E-state index in [1.807, 2.05) is 50.2 Å². The number of ether oxygens (including phenoxy) is 2. The first-order valence-corrected chi connectivity index (χ1v) is 9.83. The molecule has 31 heavy (non-hydrogen) atoms. The Morgan fingerprint density at radius 2 is 1.81 bits per heavy atom. The first-order valence-electron chi connectivity index (χ1n) is 9.83. The Bertz CT molecular complexity index is 1240. The van der Waals surface area contributed by atoms with Gasteiger partial charge in [0.1, 0.15) is 5.58 Å². The molecular formula is C23H23N3O5. The van der Waals surface area contributed by atoms with E-state index in [-0.39, 0.29) is 11.8 Å². The number of aromatic nitrogens is 2. The highest BCUT2D eigenvalue weighted by molar-refractivity contribution is 5.90. The molecule has 0 atom stereocenters. The number of hydrogen-bond acceptors (Lipinski definition) is 7. The number of benzene rings is 2. The summed E-state index contributed by atoms with van der Waals surface area (Å²) in [6.07, 6.45) is 0.606. The molecule has 0 fully saturated rings. The standard InChI is InChI=1S/C23H23N3O5/c1-13-5-7-17-16(11-13)14(2)20(30-17)22-25-26-23(31-22)21(27)24-10-9-15-6-8-18(28-3)19(12-15)29-4/h5-8,11-12H,9-10H2,1-4H3,(H,24,27). The number of carbonyl (C=O) groups is 1. The lowest BCUT2D eigenvalue weighted by atomic mass is 10.1. The summed E-state index contributed by atoms with van der Waals surface area (Å²) in [6, 6.07) is 11.5. The number of carbonyl (C=O) groups excluding carboxylic acids is 1. The fraction of sp³-hybridized carbons (Fsp3) is 0.261. The average Bonchev–Trinajstić information content (AvgIpc) is 3.39. The zero-order valence-electron chi connectivity index (χ0n) is 17.8. The van der Waals surface area contributed by atoms with Gasteiger partial charge in [-0.3, -0.25) is 4.79 Å². The molecule has 0 bridgehead atoms. The van der Waals surface area contributed by atoms with E-state index in [1.165, 1.54) is 0 Å². The number of rotatable bonds is 7. The molecule has 0 saturated carbocycles. The number of aryl methyl sites for hydroxylation is 2. The smallest absolute Gasteiger partial charge is 0.308 e. The minimum atomic E-state index is -0.441. The summed E-state index contributed by atoms with van der Waals surface area (Å²) in [7, 11) is 3.17. The lowest BCUT2D eigenvalue weighted by Crippen LogP contribution is -2.26. The molecule has 0 spiro atoms. The van der Waals surface area contributed by atoms with Gasteiger partial charge in [-0.15, -0.1) is 10.2 Å². The maximum atomic E-state index is 12.4. The molecule has 0 aliphatic carbocycles. The van der Waals surface area contributed by atoms with E-state index in [0.717, 1.165) is 27.7 Å². The van der Waals surface area contributed by atoms with Gasteiger partial charge in [0.2, 0.25) is 0 Å². The maximum absolute atomic E-state index is 12.4. The zero-order valence-corrected chi connectivity index (χ0v) is 17.8. The van der Waals surface area contributed by atoms with Gasteiger partial charge in [0.25, 0.3) is 5.89 Å². The number of fused-ring (bicyclic) bond motifs is 1. The molecule has 8 nitrogen and oxygen atoms in total. The summed E-state index contributed by atoms with van der Waals surface area (Å²) < 4.78 is 22.0. The largest absolute Gasteiger partial charge is 0.493 e. The average molecular weight is 421 g/mol. The van der Waals surface area contributed by atoms with Crippen molar-refractivity contribution in [2.75, 3.05) is 20.8 Å². The number of furan rings is 1. The van der Waals surface area contributed by atoms with Gasteiger partial charge in [0.15, 0.2) is 17.3 Å². The van der Waals surface area contributed by atoms with Crippen molar-refractivity contribution in [3.8, 4) is 23.1 Å². The van der Waals surface area contributed by atoms with Crippen LogP contribution < -0.4 is 14.8 Å². The van der Waals surface area contributed by atoms with Crippen LogP contribution in [0.15, 0.2) is 45.2 Å². The molecule has 2 heterocycles. The Balaban J connectivity index is 1.43. The number of nitrogens with one attached hydrogen (secondary N) is 1. The number of amides is 1. The van der Waals surface area contributed by atoms with E-state index in [9.17, 15) is 4.79 Å². The minimum absolute atomic E-state index is 0.113. The summed E-state index contributed by atoms with van der Waals surface area (Å²) in [5.41, 5.74) is 3.75. The Hall–Kier alpha value is -3.81. The van der Waals surface area contributed by atoms with Crippen molar-refractivity contribution in [2.45, 2.75) is 20.3 Å². The topological polar surface area (TPSA) is 99.6 Å². The molecule has 0 radical (unpaired) electrons. The highest BCUT2D eigenvalue weighted by atomic mass is 16.5. The van der Waals surface area contributed by atoms with Gasteiger partial charge in [-0.05, 0) is 50.1 Å².